The van der Waals surface area contributed by atoms with Crippen LogP contribution in [-0.2, 0) is 23.5 Å². The number of carbonyl (C=O) groups is 3. The Morgan fingerprint density at radius 1 is 1.14 bits per heavy atom. The van der Waals surface area contributed by atoms with Crippen LogP contribution in [0.25, 0.3) is 0 Å². The average molecular weight is 513 g/mol. The Morgan fingerprint density at radius 2 is 1.71 bits per heavy atom. The van der Waals surface area contributed by atoms with Crippen LogP contribution in [0.15, 0.2) is 0 Å². The third-order valence-electron chi connectivity index (χ3n) is 7.09. The van der Waals surface area contributed by atoms with Crippen LogP contribution in [0, 0.1) is 22.7 Å². The minimum Gasteiger partial charge on any atom is -0.481 e. The van der Waals surface area contributed by atoms with E-state index in [1.165, 1.54) is 4.90 Å². The van der Waals surface area contributed by atoms with E-state index in [1.807, 2.05) is 0 Å². The molecule has 0 bridgehead atoms. The number of likely N-dealkylation sites (tertiary alicyclic amines) is 1. The number of hydrogen-bond acceptors (Lipinski definition) is 7. The summed E-state index contributed by atoms with van der Waals surface area (Å²) in [4.78, 5) is 39.7. The molecule has 1 aliphatic rings. The Morgan fingerprint density at radius 3 is 2.11 bits per heavy atom. The van der Waals surface area contributed by atoms with Crippen molar-refractivity contribution in [2.24, 2.45) is 11.3 Å². The van der Waals surface area contributed by atoms with Gasteiger partial charge in [0, 0.05) is 18.5 Å². The molecule has 10 heteroatoms. The topological polar surface area (TPSA) is 126 Å². The first-order valence-electron chi connectivity index (χ1n) is 12.3. The molecule has 35 heavy (non-hydrogen) atoms. The van der Waals surface area contributed by atoms with E-state index in [2.05, 4.69) is 39.9 Å². The number of aliphatic carboxylic acids is 1. The second-order valence-electron chi connectivity index (χ2n) is 11.8. The molecule has 1 fully saturated rings. The molecule has 0 aromatic rings. The Balaban J connectivity index is 3.58. The number of carbonyl (C=O) groups excluding carboxylic acids is 2. The highest BCUT2D eigenvalue weighted by Gasteiger charge is 2.56. The van der Waals surface area contributed by atoms with Gasteiger partial charge in [-0.2, -0.15) is 5.26 Å². The molecular weight excluding hydrogens is 468 g/mol. The minimum absolute atomic E-state index is 0.0483. The zero-order chi connectivity index (χ0) is 27.4. The third kappa shape index (κ3) is 7.43. The third-order valence-corrected chi connectivity index (χ3v) is 11.6. The van der Waals surface area contributed by atoms with Gasteiger partial charge in [0.25, 0.3) is 0 Å². The second-order valence-corrected chi connectivity index (χ2v) is 16.6. The molecule has 1 rings (SSSR count). The van der Waals surface area contributed by atoms with E-state index in [4.69, 9.17) is 13.9 Å². The van der Waals surface area contributed by atoms with Gasteiger partial charge >= 0.3 is 18.0 Å². The van der Waals surface area contributed by atoms with Gasteiger partial charge in [0.05, 0.1) is 25.2 Å². The average Bonchev–Trinajstić information content (AvgIpc) is 3.09. The summed E-state index contributed by atoms with van der Waals surface area (Å²) in [5, 5.41) is 19.9. The summed E-state index contributed by atoms with van der Waals surface area (Å²) in [6.45, 7) is 19.3. The first-order chi connectivity index (χ1) is 15.8. The van der Waals surface area contributed by atoms with Crippen LogP contribution >= 0.6 is 0 Å². The molecule has 0 aromatic carbocycles. The quantitative estimate of drug-likeness (QED) is 0.339. The summed E-state index contributed by atoms with van der Waals surface area (Å²) in [6.07, 6.45) is -1.12. The molecule has 0 aliphatic carbocycles. The molecule has 200 valence electrons. The number of carboxylic acid groups (broad SMARTS) is 1. The lowest BCUT2D eigenvalue weighted by molar-refractivity contribution is -0.158. The number of carboxylic acids is 1. The van der Waals surface area contributed by atoms with Crippen LogP contribution in [0.5, 0.6) is 0 Å². The van der Waals surface area contributed by atoms with E-state index in [1.54, 1.807) is 34.6 Å². The van der Waals surface area contributed by atoms with Crippen molar-refractivity contribution in [2.45, 2.75) is 111 Å². The van der Waals surface area contributed by atoms with Crippen molar-refractivity contribution in [2.75, 3.05) is 13.2 Å². The van der Waals surface area contributed by atoms with Gasteiger partial charge in [-0.25, -0.2) is 4.79 Å². The molecule has 0 radical (unpaired) electrons. The van der Waals surface area contributed by atoms with Crippen molar-refractivity contribution in [3.63, 3.8) is 0 Å². The minimum atomic E-state index is -2.23. The predicted octanol–water partition coefficient (Wildman–Crippen LogP) is 4.96. The molecule has 1 aliphatic heterocycles. The molecule has 0 spiro atoms. The van der Waals surface area contributed by atoms with Crippen molar-refractivity contribution in [3.05, 3.63) is 0 Å². The molecule has 1 heterocycles. The van der Waals surface area contributed by atoms with E-state index in [0.29, 0.717) is 6.42 Å². The molecule has 4 atom stereocenters. The molecular formula is C25H44N2O7Si. The molecule has 0 aromatic heterocycles. The second kappa shape index (κ2) is 11.3. The number of rotatable bonds is 9. The van der Waals surface area contributed by atoms with Crippen molar-refractivity contribution in [3.8, 4) is 6.07 Å². The number of amides is 1. The van der Waals surface area contributed by atoms with Gasteiger partial charge < -0.3 is 23.9 Å². The van der Waals surface area contributed by atoms with Gasteiger partial charge in [-0.15, -0.1) is 0 Å². The number of nitriles is 1. The van der Waals surface area contributed by atoms with Crippen molar-refractivity contribution >= 4 is 26.3 Å². The van der Waals surface area contributed by atoms with Gasteiger partial charge in [0.2, 0.25) is 0 Å². The summed E-state index contributed by atoms with van der Waals surface area (Å²) < 4.78 is 17.5. The number of esters is 1. The van der Waals surface area contributed by atoms with Gasteiger partial charge in [-0.1, -0.05) is 27.7 Å². The zero-order valence-electron chi connectivity index (χ0n) is 23.1. The largest absolute Gasteiger partial charge is 0.481 e. The van der Waals surface area contributed by atoms with Crippen LogP contribution in [-0.4, -0.2) is 67.3 Å². The first kappa shape index (κ1) is 30.9. The van der Waals surface area contributed by atoms with Crippen LogP contribution in [0.4, 0.5) is 4.79 Å². The summed E-state index contributed by atoms with van der Waals surface area (Å²) in [7, 11) is -2.23. The SMILES string of the molecule is CCOC(=O)C(C#N)(CC)C(CC(=O)O)C1C[C@@H](O[Si](C)(C)C(C)(C)C)CN1C(=O)OC(C)(C)C. The Bertz CT molecular complexity index is 825. The molecule has 9 nitrogen and oxygen atoms in total. The Hall–Kier alpha value is -2.12. The number of ether oxygens (including phenoxy) is 2. The lowest BCUT2D eigenvalue weighted by Gasteiger charge is -2.39. The fourth-order valence-corrected chi connectivity index (χ4v) is 5.63. The molecule has 0 saturated carbocycles. The summed E-state index contributed by atoms with van der Waals surface area (Å²) >= 11 is 0. The van der Waals surface area contributed by atoms with E-state index in [9.17, 15) is 24.8 Å². The van der Waals surface area contributed by atoms with Crippen molar-refractivity contribution in [1.29, 1.82) is 5.26 Å². The highest BCUT2D eigenvalue weighted by Crippen LogP contribution is 2.45. The van der Waals surface area contributed by atoms with Crippen LogP contribution in [0.1, 0.15) is 74.7 Å². The maximum Gasteiger partial charge on any atom is 0.410 e. The summed E-state index contributed by atoms with van der Waals surface area (Å²) in [5.74, 6) is -2.94. The maximum atomic E-state index is 13.3. The Kier molecular flexibility index (Phi) is 9.97. The first-order valence-corrected chi connectivity index (χ1v) is 15.2. The van der Waals surface area contributed by atoms with E-state index < -0.39 is 55.7 Å². The number of nitrogens with zero attached hydrogens (tertiary/aromatic N) is 2. The van der Waals surface area contributed by atoms with Gasteiger partial charge in [-0.05, 0) is 58.7 Å². The monoisotopic (exact) mass is 512 g/mol. The Labute approximate surface area is 211 Å². The summed E-state index contributed by atoms with van der Waals surface area (Å²) in [5.41, 5.74) is -2.51. The molecule has 1 saturated heterocycles. The van der Waals surface area contributed by atoms with Gasteiger partial charge in [0.15, 0.2) is 13.7 Å². The van der Waals surface area contributed by atoms with E-state index in [0.717, 1.165) is 0 Å². The number of hydrogen-bond donors (Lipinski definition) is 1. The lowest BCUT2D eigenvalue weighted by Crippen LogP contribution is -2.51. The van der Waals surface area contributed by atoms with Crippen LogP contribution < -0.4 is 0 Å². The standard InChI is InChI=1S/C25H44N2O7Si/c1-11-25(16-26,21(30)32-12-2)18(14-20(28)29)19-13-17(34-35(9,10)24(6,7)8)15-27(19)22(31)33-23(3,4)5/h17-19H,11-15H2,1-10H3,(H,28,29)/t17-,18?,19?,25?/m1/s1. The highest BCUT2D eigenvalue weighted by molar-refractivity contribution is 6.74. The van der Waals surface area contributed by atoms with Gasteiger partial charge in [0.1, 0.15) is 5.60 Å². The van der Waals surface area contributed by atoms with Crippen LogP contribution in [0.2, 0.25) is 18.1 Å². The molecule has 3 unspecified atom stereocenters. The fourth-order valence-electron chi connectivity index (χ4n) is 4.27. The predicted molar refractivity (Wildman–Crippen MR) is 134 cm³/mol. The van der Waals surface area contributed by atoms with Crippen LogP contribution in [0.3, 0.4) is 0 Å². The molecule has 1 amide bonds. The van der Waals surface area contributed by atoms with E-state index in [-0.39, 0.29) is 30.7 Å². The van der Waals surface area contributed by atoms with Gasteiger partial charge in [-0.3, -0.25) is 9.59 Å². The molecule has 1 N–H and O–H groups in total. The fraction of sp³-hybridized carbons (Fsp3) is 0.840. The normalized spacial score (nSPS) is 21.6. The van der Waals surface area contributed by atoms with Crippen molar-refractivity contribution < 1.29 is 33.4 Å². The smallest absolute Gasteiger partial charge is 0.410 e. The maximum absolute atomic E-state index is 13.3. The zero-order valence-corrected chi connectivity index (χ0v) is 24.1. The summed E-state index contributed by atoms with van der Waals surface area (Å²) in [6, 6.07) is 1.33. The lowest BCUT2D eigenvalue weighted by atomic mass is 9.68. The van der Waals surface area contributed by atoms with Crippen molar-refractivity contribution in [1.82, 2.24) is 4.90 Å². The van der Waals surface area contributed by atoms with E-state index >= 15 is 0 Å². The highest BCUT2D eigenvalue weighted by atomic mass is 28.4.